The first-order chi connectivity index (χ1) is 12.1. The molecule has 0 bridgehead atoms. The molecule has 3 aromatic heterocycles. The number of hydrogen-bond acceptors (Lipinski definition) is 7. The Morgan fingerprint density at radius 1 is 1.36 bits per heavy atom. The van der Waals surface area contributed by atoms with E-state index in [2.05, 4.69) is 35.9 Å². The average molecular weight is 358 g/mol. The Morgan fingerprint density at radius 2 is 2.24 bits per heavy atom. The van der Waals surface area contributed by atoms with E-state index in [-0.39, 0.29) is 12.1 Å². The molecule has 25 heavy (non-hydrogen) atoms. The number of urea groups is 1. The number of nitrogens with zero attached hydrogens (tertiary/aromatic N) is 6. The smallest absolute Gasteiger partial charge is 0.320 e. The minimum Gasteiger partial charge on any atom is -0.337 e. The van der Waals surface area contributed by atoms with Gasteiger partial charge in [0.15, 0.2) is 5.82 Å². The number of amides is 2. The summed E-state index contributed by atoms with van der Waals surface area (Å²) in [6, 6.07) is -0.125. The largest absolute Gasteiger partial charge is 0.337 e. The Bertz CT molecular complexity index is 829. The molecule has 130 valence electrons. The Balaban J connectivity index is 1.46. The molecule has 10 heteroatoms. The van der Waals surface area contributed by atoms with Gasteiger partial charge >= 0.3 is 6.03 Å². The first-order valence-corrected chi connectivity index (χ1v) is 8.67. The van der Waals surface area contributed by atoms with Crippen LogP contribution in [0.1, 0.15) is 25.6 Å². The van der Waals surface area contributed by atoms with E-state index in [0.29, 0.717) is 18.8 Å². The Kier molecular flexibility index (Phi) is 5.29. The maximum atomic E-state index is 11.9. The fraction of sp³-hybridized carbons (Fsp3) is 0.333. The van der Waals surface area contributed by atoms with Crippen molar-refractivity contribution >= 4 is 23.2 Å². The van der Waals surface area contributed by atoms with Crippen molar-refractivity contribution in [2.45, 2.75) is 26.3 Å². The van der Waals surface area contributed by atoms with Gasteiger partial charge in [-0.25, -0.2) is 14.5 Å². The first kappa shape index (κ1) is 17.0. The van der Waals surface area contributed by atoms with Gasteiger partial charge in [0.25, 0.3) is 0 Å². The molecule has 9 nitrogen and oxygen atoms in total. The van der Waals surface area contributed by atoms with Gasteiger partial charge in [0.2, 0.25) is 0 Å². The molecule has 0 aliphatic carbocycles. The Hall–Kier alpha value is -2.88. The van der Waals surface area contributed by atoms with Gasteiger partial charge < -0.3 is 5.32 Å². The van der Waals surface area contributed by atoms with E-state index in [1.165, 1.54) is 11.3 Å². The van der Waals surface area contributed by atoms with Crippen molar-refractivity contribution in [1.82, 2.24) is 35.3 Å². The summed E-state index contributed by atoms with van der Waals surface area (Å²) < 4.78 is 1.68. The van der Waals surface area contributed by atoms with Gasteiger partial charge in [0, 0.05) is 36.8 Å². The second-order valence-corrected chi connectivity index (χ2v) is 6.40. The van der Waals surface area contributed by atoms with Crippen LogP contribution in [0.3, 0.4) is 0 Å². The lowest BCUT2D eigenvalue weighted by atomic mass is 10.3. The van der Waals surface area contributed by atoms with Crippen LogP contribution in [0.5, 0.6) is 0 Å². The first-order valence-electron chi connectivity index (χ1n) is 7.79. The van der Waals surface area contributed by atoms with Crippen LogP contribution in [0, 0.1) is 0 Å². The molecular weight excluding hydrogens is 340 g/mol. The molecule has 3 rings (SSSR count). The zero-order valence-corrected chi connectivity index (χ0v) is 14.7. The Morgan fingerprint density at radius 3 is 2.96 bits per heavy atom. The molecule has 0 saturated heterocycles. The lowest BCUT2D eigenvalue weighted by Gasteiger charge is -2.04. The molecular formula is C15H18N8OS. The minimum absolute atomic E-state index is 0.194. The summed E-state index contributed by atoms with van der Waals surface area (Å²) in [6.45, 7) is 4.44. The summed E-state index contributed by atoms with van der Waals surface area (Å²) in [6.07, 6.45) is 7.26. The fourth-order valence-corrected chi connectivity index (χ4v) is 2.81. The van der Waals surface area contributed by atoms with Crippen molar-refractivity contribution < 1.29 is 4.79 Å². The fourth-order valence-electron chi connectivity index (χ4n) is 2.00. The molecule has 3 heterocycles. The minimum atomic E-state index is -0.319. The van der Waals surface area contributed by atoms with Gasteiger partial charge in [-0.3, -0.25) is 15.3 Å². The van der Waals surface area contributed by atoms with E-state index < -0.39 is 0 Å². The summed E-state index contributed by atoms with van der Waals surface area (Å²) in [7, 11) is 0. The lowest BCUT2D eigenvalue weighted by Crippen LogP contribution is -2.30. The van der Waals surface area contributed by atoms with Gasteiger partial charge in [-0.15, -0.1) is 16.4 Å². The molecule has 0 spiro atoms. The predicted octanol–water partition coefficient (Wildman–Crippen LogP) is 2.14. The number of carbonyl (C=O) groups is 1. The van der Waals surface area contributed by atoms with Crippen LogP contribution >= 0.6 is 11.3 Å². The number of anilines is 1. The van der Waals surface area contributed by atoms with Crippen LogP contribution in [0.25, 0.3) is 10.7 Å². The average Bonchev–Trinajstić information content (AvgIpc) is 3.25. The van der Waals surface area contributed by atoms with Crippen LogP contribution in [0.15, 0.2) is 30.2 Å². The molecule has 2 N–H and O–H groups in total. The summed E-state index contributed by atoms with van der Waals surface area (Å²) in [4.78, 5) is 24.6. The summed E-state index contributed by atoms with van der Waals surface area (Å²) >= 11 is 1.51. The third-order valence-electron chi connectivity index (χ3n) is 3.28. The van der Waals surface area contributed by atoms with Gasteiger partial charge in [-0.1, -0.05) is 5.21 Å². The highest BCUT2D eigenvalue weighted by molar-refractivity contribution is 7.13. The predicted molar refractivity (Wildman–Crippen MR) is 94.3 cm³/mol. The number of nitrogens with one attached hydrogen (secondary N) is 2. The third-order valence-corrected chi connectivity index (χ3v) is 4.20. The maximum absolute atomic E-state index is 11.9. The number of aromatic nitrogens is 6. The van der Waals surface area contributed by atoms with Crippen molar-refractivity contribution in [3.05, 3.63) is 35.9 Å². The van der Waals surface area contributed by atoms with Crippen LogP contribution in [0.2, 0.25) is 0 Å². The molecule has 0 unspecified atom stereocenters. The van der Waals surface area contributed by atoms with Crippen molar-refractivity contribution in [2.75, 3.05) is 11.9 Å². The highest BCUT2D eigenvalue weighted by Crippen LogP contribution is 2.20. The second-order valence-electron chi connectivity index (χ2n) is 5.54. The van der Waals surface area contributed by atoms with Crippen molar-refractivity contribution in [2.24, 2.45) is 0 Å². The summed E-state index contributed by atoms with van der Waals surface area (Å²) in [5.74, 6) is 0.421. The molecule has 0 fully saturated rings. The van der Waals surface area contributed by atoms with Crippen molar-refractivity contribution in [3.8, 4) is 10.7 Å². The van der Waals surface area contributed by atoms with E-state index in [4.69, 9.17) is 0 Å². The molecule has 0 aliphatic rings. The van der Waals surface area contributed by atoms with Crippen LogP contribution < -0.4 is 10.6 Å². The maximum Gasteiger partial charge on any atom is 0.320 e. The third kappa shape index (κ3) is 4.57. The number of hydrogen-bond donors (Lipinski definition) is 2. The van der Waals surface area contributed by atoms with E-state index >= 15 is 0 Å². The van der Waals surface area contributed by atoms with Crippen LogP contribution in [0.4, 0.5) is 10.6 Å². The zero-order valence-electron chi connectivity index (χ0n) is 13.9. The lowest BCUT2D eigenvalue weighted by molar-refractivity contribution is 0.252. The normalized spacial score (nSPS) is 10.8. The number of rotatable bonds is 6. The Labute approximate surface area is 148 Å². The molecule has 0 radical (unpaired) electrons. The van der Waals surface area contributed by atoms with Crippen LogP contribution in [-0.2, 0) is 6.42 Å². The van der Waals surface area contributed by atoms with E-state index in [0.717, 1.165) is 16.4 Å². The van der Waals surface area contributed by atoms with Gasteiger partial charge in [0.05, 0.1) is 18.1 Å². The topological polar surface area (TPSA) is 111 Å². The van der Waals surface area contributed by atoms with Crippen LogP contribution in [-0.4, -0.2) is 42.5 Å². The summed E-state index contributed by atoms with van der Waals surface area (Å²) in [5, 5.41) is 16.0. The van der Waals surface area contributed by atoms with Gasteiger partial charge in [-0.05, 0) is 13.8 Å². The molecule has 0 saturated carbocycles. The zero-order chi connectivity index (χ0) is 17.6. The van der Waals surface area contributed by atoms with E-state index in [1.807, 2.05) is 19.2 Å². The highest BCUT2D eigenvalue weighted by atomic mass is 32.1. The molecule has 0 aromatic carbocycles. The molecule has 0 atom stereocenters. The summed E-state index contributed by atoms with van der Waals surface area (Å²) in [5.41, 5.74) is 1.65. The number of carbonyl (C=O) groups excluding carboxylic acids is 1. The monoisotopic (exact) mass is 358 g/mol. The molecule has 2 amide bonds. The quantitative estimate of drug-likeness (QED) is 0.698. The van der Waals surface area contributed by atoms with Gasteiger partial charge in [0.1, 0.15) is 10.7 Å². The molecule has 3 aromatic rings. The SMILES string of the molecule is CC(C)n1cc(NC(=O)NCCc2csc(-c3cnccn3)n2)nn1. The van der Waals surface area contributed by atoms with Gasteiger partial charge in [-0.2, -0.15) is 0 Å². The van der Waals surface area contributed by atoms with E-state index in [1.54, 1.807) is 29.5 Å². The number of thiazole rings is 1. The van der Waals surface area contributed by atoms with E-state index in [9.17, 15) is 4.79 Å². The van der Waals surface area contributed by atoms with Crippen molar-refractivity contribution in [1.29, 1.82) is 0 Å². The van der Waals surface area contributed by atoms with Crippen molar-refractivity contribution in [3.63, 3.8) is 0 Å². The second kappa shape index (κ2) is 7.79. The highest BCUT2D eigenvalue weighted by Gasteiger charge is 2.09. The standard InChI is InChI=1S/C15H18N8OS/c1-10(2)23-8-13(21-22-23)20-15(24)18-4-3-11-9-25-14(19-11)12-7-16-5-6-17-12/h5-10H,3-4H2,1-2H3,(H2,18,20,24). The molecule has 0 aliphatic heterocycles.